The number of nitrogens with zero attached hydrogens (tertiary/aromatic N) is 1. The number of hydrogen-bond acceptors (Lipinski definition) is 3. The summed E-state index contributed by atoms with van der Waals surface area (Å²) in [6.45, 7) is 2.13. The largest absolute Gasteiger partial charge is 0.480 e. The van der Waals surface area contributed by atoms with Crippen LogP contribution < -0.4 is 0 Å². The molecule has 0 spiro atoms. The Kier molecular flexibility index (Phi) is 4.59. The SMILES string of the molecule is CSCC1CCN(CC(=O)O)CC1. The van der Waals surface area contributed by atoms with Crippen LogP contribution >= 0.6 is 11.8 Å². The molecule has 13 heavy (non-hydrogen) atoms. The van der Waals surface area contributed by atoms with Gasteiger partial charge in [0.15, 0.2) is 0 Å². The van der Waals surface area contributed by atoms with Crippen LogP contribution in [0.2, 0.25) is 0 Å². The lowest BCUT2D eigenvalue weighted by molar-refractivity contribution is -0.138. The van der Waals surface area contributed by atoms with Crippen LogP contribution in [0.4, 0.5) is 0 Å². The summed E-state index contributed by atoms with van der Waals surface area (Å²) in [4.78, 5) is 12.5. The highest BCUT2D eigenvalue weighted by Gasteiger charge is 2.19. The number of piperidine rings is 1. The molecule has 1 fully saturated rings. The minimum Gasteiger partial charge on any atom is -0.480 e. The first-order chi connectivity index (χ1) is 6.22. The molecule has 4 heteroatoms. The van der Waals surface area contributed by atoms with Gasteiger partial charge in [0.25, 0.3) is 0 Å². The van der Waals surface area contributed by atoms with Crippen molar-refractivity contribution in [2.75, 3.05) is 31.6 Å². The van der Waals surface area contributed by atoms with Gasteiger partial charge in [-0.3, -0.25) is 9.69 Å². The van der Waals surface area contributed by atoms with Gasteiger partial charge in [0.2, 0.25) is 0 Å². The Labute approximate surface area is 83.5 Å². The summed E-state index contributed by atoms with van der Waals surface area (Å²) in [5.41, 5.74) is 0. The van der Waals surface area contributed by atoms with Gasteiger partial charge in [-0.25, -0.2) is 0 Å². The normalized spacial score (nSPS) is 20.4. The Morgan fingerprint density at radius 1 is 1.54 bits per heavy atom. The van der Waals surface area contributed by atoms with Crippen LogP contribution in [0.1, 0.15) is 12.8 Å². The van der Waals surface area contributed by atoms with Gasteiger partial charge in [-0.05, 0) is 43.9 Å². The topological polar surface area (TPSA) is 40.5 Å². The average Bonchev–Trinajstić information content (AvgIpc) is 2.08. The molecule has 0 saturated carbocycles. The van der Waals surface area contributed by atoms with Crippen LogP contribution in [0.15, 0.2) is 0 Å². The molecular weight excluding hydrogens is 186 g/mol. The third-order valence-electron chi connectivity index (χ3n) is 2.47. The standard InChI is InChI=1S/C9H17NO2S/c1-13-7-8-2-4-10(5-3-8)6-9(11)12/h8H,2-7H2,1H3,(H,11,12). The number of carbonyl (C=O) groups is 1. The summed E-state index contributed by atoms with van der Waals surface area (Å²) in [5.74, 6) is 1.32. The lowest BCUT2D eigenvalue weighted by atomic mass is 9.99. The van der Waals surface area contributed by atoms with E-state index in [9.17, 15) is 4.79 Å². The van der Waals surface area contributed by atoms with Gasteiger partial charge in [-0.1, -0.05) is 0 Å². The van der Waals surface area contributed by atoms with Gasteiger partial charge in [0, 0.05) is 0 Å². The minimum absolute atomic E-state index is 0.214. The van der Waals surface area contributed by atoms with E-state index in [1.165, 1.54) is 5.75 Å². The van der Waals surface area contributed by atoms with Crippen molar-refractivity contribution in [1.29, 1.82) is 0 Å². The van der Waals surface area contributed by atoms with E-state index < -0.39 is 5.97 Å². The molecule has 3 nitrogen and oxygen atoms in total. The van der Waals surface area contributed by atoms with Crippen LogP contribution in [0.5, 0.6) is 0 Å². The van der Waals surface area contributed by atoms with Crippen LogP contribution in [0.3, 0.4) is 0 Å². The second-order valence-corrected chi connectivity index (χ2v) is 4.48. The van der Waals surface area contributed by atoms with Gasteiger partial charge in [0.1, 0.15) is 0 Å². The first kappa shape index (κ1) is 10.9. The minimum atomic E-state index is -0.705. The molecule has 1 aliphatic rings. The Balaban J connectivity index is 2.18. The molecule has 0 aromatic rings. The summed E-state index contributed by atoms with van der Waals surface area (Å²) < 4.78 is 0. The molecule has 0 atom stereocenters. The van der Waals surface area contributed by atoms with Gasteiger partial charge in [0.05, 0.1) is 6.54 Å². The van der Waals surface area contributed by atoms with Crippen LogP contribution in [-0.4, -0.2) is 47.6 Å². The quantitative estimate of drug-likeness (QED) is 0.744. The Hall–Kier alpha value is -0.220. The number of carboxylic acids is 1. The predicted molar refractivity (Wildman–Crippen MR) is 55.2 cm³/mol. The number of likely N-dealkylation sites (tertiary alicyclic amines) is 1. The van der Waals surface area contributed by atoms with Gasteiger partial charge in [-0.15, -0.1) is 0 Å². The molecule has 1 aliphatic heterocycles. The highest BCUT2D eigenvalue weighted by Crippen LogP contribution is 2.19. The van der Waals surface area contributed by atoms with Crippen LogP contribution in [0, 0.1) is 5.92 Å². The molecule has 0 amide bonds. The predicted octanol–water partition coefficient (Wildman–Crippen LogP) is 1.15. The number of aliphatic carboxylic acids is 1. The molecular formula is C9H17NO2S. The number of rotatable bonds is 4. The lowest BCUT2D eigenvalue weighted by Crippen LogP contribution is -2.37. The van der Waals surface area contributed by atoms with Crippen LogP contribution in [0.25, 0.3) is 0 Å². The lowest BCUT2D eigenvalue weighted by Gasteiger charge is -2.30. The molecule has 0 radical (unpaired) electrons. The molecule has 0 aromatic heterocycles. The van der Waals surface area contributed by atoms with E-state index in [-0.39, 0.29) is 6.54 Å². The van der Waals surface area contributed by atoms with Crippen molar-refractivity contribution in [2.45, 2.75) is 12.8 Å². The highest BCUT2D eigenvalue weighted by atomic mass is 32.2. The molecule has 0 aromatic carbocycles. The van der Waals surface area contributed by atoms with E-state index >= 15 is 0 Å². The second-order valence-electron chi connectivity index (χ2n) is 3.57. The van der Waals surface area contributed by atoms with E-state index in [0.29, 0.717) is 0 Å². The van der Waals surface area contributed by atoms with Crippen molar-refractivity contribution in [2.24, 2.45) is 5.92 Å². The third kappa shape index (κ3) is 4.00. The summed E-state index contributed by atoms with van der Waals surface area (Å²) in [6.07, 6.45) is 4.45. The Bertz CT molecular complexity index is 167. The van der Waals surface area contributed by atoms with E-state index in [0.717, 1.165) is 31.8 Å². The van der Waals surface area contributed by atoms with Crippen molar-refractivity contribution in [1.82, 2.24) is 4.90 Å². The zero-order chi connectivity index (χ0) is 9.68. The monoisotopic (exact) mass is 203 g/mol. The maximum atomic E-state index is 10.4. The van der Waals surface area contributed by atoms with Crippen molar-refractivity contribution >= 4 is 17.7 Å². The van der Waals surface area contributed by atoms with E-state index in [1.807, 2.05) is 16.7 Å². The van der Waals surface area contributed by atoms with Crippen molar-refractivity contribution in [3.8, 4) is 0 Å². The fourth-order valence-electron chi connectivity index (χ4n) is 1.74. The first-order valence-corrected chi connectivity index (χ1v) is 6.05. The fraction of sp³-hybridized carbons (Fsp3) is 0.889. The second kappa shape index (κ2) is 5.50. The van der Waals surface area contributed by atoms with Gasteiger partial charge >= 0.3 is 5.97 Å². The molecule has 1 N–H and O–H groups in total. The zero-order valence-corrected chi connectivity index (χ0v) is 8.85. The van der Waals surface area contributed by atoms with Crippen molar-refractivity contribution in [3.63, 3.8) is 0 Å². The molecule has 1 saturated heterocycles. The highest BCUT2D eigenvalue weighted by molar-refractivity contribution is 7.98. The molecule has 0 bridgehead atoms. The van der Waals surface area contributed by atoms with Gasteiger partial charge in [-0.2, -0.15) is 11.8 Å². The van der Waals surface area contributed by atoms with E-state index in [4.69, 9.17) is 5.11 Å². The fourth-order valence-corrected chi connectivity index (χ4v) is 2.54. The molecule has 1 heterocycles. The summed E-state index contributed by atoms with van der Waals surface area (Å²) >= 11 is 1.89. The average molecular weight is 203 g/mol. The Morgan fingerprint density at radius 3 is 2.62 bits per heavy atom. The molecule has 1 rings (SSSR count). The van der Waals surface area contributed by atoms with E-state index in [2.05, 4.69) is 6.26 Å². The number of thioether (sulfide) groups is 1. The smallest absolute Gasteiger partial charge is 0.317 e. The maximum Gasteiger partial charge on any atom is 0.317 e. The molecule has 76 valence electrons. The summed E-state index contributed by atoms with van der Waals surface area (Å²) in [5, 5.41) is 8.59. The third-order valence-corrected chi connectivity index (χ3v) is 3.27. The number of hydrogen-bond donors (Lipinski definition) is 1. The van der Waals surface area contributed by atoms with E-state index in [1.54, 1.807) is 0 Å². The van der Waals surface area contributed by atoms with Crippen LogP contribution in [-0.2, 0) is 4.79 Å². The zero-order valence-electron chi connectivity index (χ0n) is 8.03. The molecule has 0 aliphatic carbocycles. The summed E-state index contributed by atoms with van der Waals surface area (Å²) in [6, 6.07) is 0. The van der Waals surface area contributed by atoms with Crippen molar-refractivity contribution in [3.05, 3.63) is 0 Å². The van der Waals surface area contributed by atoms with Gasteiger partial charge < -0.3 is 5.11 Å². The summed E-state index contributed by atoms with van der Waals surface area (Å²) in [7, 11) is 0. The molecule has 0 unspecified atom stereocenters. The first-order valence-electron chi connectivity index (χ1n) is 4.65. The van der Waals surface area contributed by atoms with Crippen molar-refractivity contribution < 1.29 is 9.90 Å². The Morgan fingerprint density at radius 2 is 2.15 bits per heavy atom. The maximum absolute atomic E-state index is 10.4. The number of carboxylic acid groups (broad SMARTS) is 1.